The van der Waals surface area contributed by atoms with Gasteiger partial charge in [-0.1, -0.05) is 0 Å². The van der Waals surface area contributed by atoms with Crippen LogP contribution in [0.5, 0.6) is 0 Å². The topological polar surface area (TPSA) is 89.1 Å². The van der Waals surface area contributed by atoms with Gasteiger partial charge in [-0.05, 0) is 32.0 Å². The van der Waals surface area contributed by atoms with Gasteiger partial charge in [0, 0.05) is 22.6 Å². The third-order valence-electron chi connectivity index (χ3n) is 2.58. The maximum absolute atomic E-state index is 13.7. The van der Waals surface area contributed by atoms with Gasteiger partial charge in [-0.15, -0.1) is 0 Å². The number of halogens is 1. The van der Waals surface area contributed by atoms with E-state index in [4.69, 9.17) is 10.8 Å². The van der Waals surface area contributed by atoms with Crippen molar-refractivity contribution in [1.82, 2.24) is 9.97 Å². The van der Waals surface area contributed by atoms with Gasteiger partial charge in [-0.2, -0.15) is 0 Å². The van der Waals surface area contributed by atoms with E-state index >= 15 is 0 Å². The molecule has 0 amide bonds. The molecule has 6 heteroatoms. The Hall–Kier alpha value is -2.50. The molecule has 0 aliphatic carbocycles. The predicted octanol–water partition coefficient (Wildman–Crippen LogP) is 2.18. The van der Waals surface area contributed by atoms with Gasteiger partial charge < -0.3 is 10.8 Å². The summed E-state index contributed by atoms with van der Waals surface area (Å²) in [6.45, 7) is 3.59. The number of anilines is 1. The van der Waals surface area contributed by atoms with E-state index in [1.165, 1.54) is 6.07 Å². The summed E-state index contributed by atoms with van der Waals surface area (Å²) >= 11 is 0. The van der Waals surface area contributed by atoms with Crippen LogP contribution in [0.25, 0.3) is 11.4 Å². The first-order chi connectivity index (χ1) is 8.88. The number of hydrogen-bond acceptors (Lipinski definition) is 4. The highest BCUT2D eigenvalue weighted by Gasteiger charge is 2.17. The normalized spacial score (nSPS) is 10.5. The van der Waals surface area contributed by atoms with Gasteiger partial charge in [-0.25, -0.2) is 19.2 Å². The molecule has 19 heavy (non-hydrogen) atoms. The number of nitrogens with zero attached hydrogens (tertiary/aromatic N) is 2. The Labute approximate surface area is 108 Å². The molecule has 98 valence electrons. The fourth-order valence-electron chi connectivity index (χ4n) is 1.84. The van der Waals surface area contributed by atoms with Gasteiger partial charge >= 0.3 is 5.97 Å². The van der Waals surface area contributed by atoms with Crippen LogP contribution in [0.4, 0.5) is 10.1 Å². The SMILES string of the molecule is Cc1cc(C)nc(-c2cc(N)c(C(=O)O)c(F)c2)n1. The number of aromatic carboxylic acids is 1. The van der Waals surface area contributed by atoms with Crippen LogP contribution in [0.1, 0.15) is 21.7 Å². The molecule has 0 atom stereocenters. The lowest BCUT2D eigenvalue weighted by molar-refractivity contribution is 0.0693. The van der Waals surface area contributed by atoms with Gasteiger partial charge in [0.2, 0.25) is 0 Å². The third kappa shape index (κ3) is 2.52. The van der Waals surface area contributed by atoms with E-state index in [2.05, 4.69) is 9.97 Å². The molecule has 2 aromatic rings. The quantitative estimate of drug-likeness (QED) is 0.809. The average Bonchev–Trinajstić information content (AvgIpc) is 2.25. The number of nitrogens with two attached hydrogens (primary N) is 1. The second-order valence-electron chi connectivity index (χ2n) is 4.20. The first-order valence-corrected chi connectivity index (χ1v) is 5.53. The molecule has 1 aromatic heterocycles. The lowest BCUT2D eigenvalue weighted by atomic mass is 10.1. The second kappa shape index (κ2) is 4.64. The van der Waals surface area contributed by atoms with Crippen molar-refractivity contribution < 1.29 is 14.3 Å². The van der Waals surface area contributed by atoms with Crippen molar-refractivity contribution >= 4 is 11.7 Å². The van der Waals surface area contributed by atoms with E-state index in [1.54, 1.807) is 19.9 Å². The largest absolute Gasteiger partial charge is 0.478 e. The highest BCUT2D eigenvalue weighted by atomic mass is 19.1. The van der Waals surface area contributed by atoms with E-state index in [-0.39, 0.29) is 5.69 Å². The van der Waals surface area contributed by atoms with E-state index in [0.717, 1.165) is 17.5 Å². The van der Waals surface area contributed by atoms with Crippen molar-refractivity contribution in [2.45, 2.75) is 13.8 Å². The van der Waals surface area contributed by atoms with E-state index in [9.17, 15) is 9.18 Å². The molecular weight excluding hydrogens is 249 g/mol. The molecule has 1 heterocycles. The molecule has 0 radical (unpaired) electrons. The Kier molecular flexibility index (Phi) is 3.16. The average molecular weight is 261 g/mol. The number of aryl methyl sites for hydroxylation is 2. The van der Waals surface area contributed by atoms with Gasteiger partial charge in [0.05, 0.1) is 0 Å². The maximum atomic E-state index is 13.7. The summed E-state index contributed by atoms with van der Waals surface area (Å²) in [7, 11) is 0. The van der Waals surface area contributed by atoms with Crippen LogP contribution in [-0.2, 0) is 0 Å². The fourth-order valence-corrected chi connectivity index (χ4v) is 1.84. The third-order valence-corrected chi connectivity index (χ3v) is 2.58. The minimum atomic E-state index is -1.40. The van der Waals surface area contributed by atoms with Gasteiger partial charge in [0.15, 0.2) is 5.82 Å². The van der Waals surface area contributed by atoms with Gasteiger partial charge in [0.25, 0.3) is 0 Å². The molecule has 1 aromatic carbocycles. The smallest absolute Gasteiger partial charge is 0.340 e. The molecule has 0 aliphatic heterocycles. The Balaban J connectivity index is 2.61. The lowest BCUT2D eigenvalue weighted by Gasteiger charge is -2.07. The van der Waals surface area contributed by atoms with Crippen molar-refractivity contribution in [3.63, 3.8) is 0 Å². The van der Waals surface area contributed by atoms with Crippen molar-refractivity contribution in [1.29, 1.82) is 0 Å². The summed E-state index contributed by atoms with van der Waals surface area (Å²) in [5.41, 5.74) is 6.71. The predicted molar refractivity (Wildman–Crippen MR) is 68.3 cm³/mol. The summed E-state index contributed by atoms with van der Waals surface area (Å²) in [5.74, 6) is -1.98. The maximum Gasteiger partial charge on any atom is 0.340 e. The summed E-state index contributed by atoms with van der Waals surface area (Å²) in [6, 6.07) is 4.23. The zero-order valence-electron chi connectivity index (χ0n) is 10.4. The van der Waals surface area contributed by atoms with Crippen LogP contribution >= 0.6 is 0 Å². The minimum Gasteiger partial charge on any atom is -0.478 e. The van der Waals surface area contributed by atoms with Crippen LogP contribution in [0, 0.1) is 19.7 Å². The molecule has 2 rings (SSSR count). The van der Waals surface area contributed by atoms with Crippen LogP contribution in [0.15, 0.2) is 18.2 Å². The van der Waals surface area contributed by atoms with Crippen molar-refractivity contribution in [3.8, 4) is 11.4 Å². The molecule has 0 spiro atoms. The van der Waals surface area contributed by atoms with Crippen LogP contribution < -0.4 is 5.73 Å². The second-order valence-corrected chi connectivity index (χ2v) is 4.20. The molecule has 0 aliphatic rings. The van der Waals surface area contributed by atoms with Gasteiger partial charge in [-0.3, -0.25) is 0 Å². The Morgan fingerprint density at radius 2 is 1.79 bits per heavy atom. The zero-order chi connectivity index (χ0) is 14.2. The molecule has 0 saturated heterocycles. The van der Waals surface area contributed by atoms with Crippen molar-refractivity contribution in [2.24, 2.45) is 0 Å². The fraction of sp³-hybridized carbons (Fsp3) is 0.154. The number of aromatic nitrogens is 2. The number of hydrogen-bond donors (Lipinski definition) is 2. The summed E-state index contributed by atoms with van der Waals surface area (Å²) in [6.07, 6.45) is 0. The summed E-state index contributed by atoms with van der Waals surface area (Å²) in [5, 5.41) is 8.84. The highest BCUT2D eigenvalue weighted by Crippen LogP contribution is 2.25. The lowest BCUT2D eigenvalue weighted by Crippen LogP contribution is -2.07. The van der Waals surface area contributed by atoms with Crippen LogP contribution in [-0.4, -0.2) is 21.0 Å². The Bertz CT molecular complexity index is 628. The number of nitrogen functional groups attached to an aromatic ring is 1. The van der Waals surface area contributed by atoms with Crippen LogP contribution in [0.2, 0.25) is 0 Å². The molecular formula is C13H12FN3O2. The Morgan fingerprint density at radius 1 is 1.21 bits per heavy atom. The number of carboxylic acids is 1. The molecule has 5 nitrogen and oxygen atoms in total. The van der Waals surface area contributed by atoms with Crippen molar-refractivity contribution in [2.75, 3.05) is 5.73 Å². The number of benzene rings is 1. The number of rotatable bonds is 2. The van der Waals surface area contributed by atoms with E-state index in [0.29, 0.717) is 11.4 Å². The molecule has 0 fully saturated rings. The standard InChI is InChI=1S/C13H12FN3O2/c1-6-3-7(2)17-12(16-6)8-4-9(14)11(13(18)19)10(15)5-8/h3-5H,15H2,1-2H3,(H,18,19). The molecule has 0 unspecified atom stereocenters. The number of carboxylic acid groups (broad SMARTS) is 1. The first kappa shape index (κ1) is 12.9. The van der Waals surface area contributed by atoms with Crippen LogP contribution in [0.3, 0.4) is 0 Å². The monoisotopic (exact) mass is 261 g/mol. The van der Waals surface area contributed by atoms with Gasteiger partial charge in [0.1, 0.15) is 11.4 Å². The Morgan fingerprint density at radius 3 is 2.26 bits per heavy atom. The highest BCUT2D eigenvalue weighted by molar-refractivity contribution is 5.94. The molecule has 0 saturated carbocycles. The molecule has 3 N–H and O–H groups in total. The van der Waals surface area contributed by atoms with Crippen molar-refractivity contribution in [3.05, 3.63) is 41.0 Å². The van der Waals surface area contributed by atoms with E-state index < -0.39 is 17.3 Å². The zero-order valence-corrected chi connectivity index (χ0v) is 10.4. The first-order valence-electron chi connectivity index (χ1n) is 5.53. The molecule has 0 bridgehead atoms. The minimum absolute atomic E-state index is 0.148. The summed E-state index contributed by atoms with van der Waals surface area (Å²) < 4.78 is 13.7. The summed E-state index contributed by atoms with van der Waals surface area (Å²) in [4.78, 5) is 19.2. The number of carbonyl (C=O) groups is 1. The van der Waals surface area contributed by atoms with E-state index in [1.807, 2.05) is 0 Å².